The van der Waals surface area contributed by atoms with Gasteiger partial charge < -0.3 is 14.4 Å². The van der Waals surface area contributed by atoms with Gasteiger partial charge in [-0.2, -0.15) is 4.37 Å². The fourth-order valence-corrected chi connectivity index (χ4v) is 5.66. The predicted octanol–water partition coefficient (Wildman–Crippen LogP) is 4.33. The normalized spacial score (nSPS) is 16.1. The minimum Gasteiger partial charge on any atom is -0.435 e. The van der Waals surface area contributed by atoms with Crippen molar-refractivity contribution in [3.8, 4) is 0 Å². The van der Waals surface area contributed by atoms with E-state index >= 15 is 0 Å². The van der Waals surface area contributed by atoms with Crippen molar-refractivity contribution in [2.45, 2.75) is 19.8 Å². The molecule has 0 unspecified atom stereocenters. The second-order valence-corrected chi connectivity index (χ2v) is 9.82. The van der Waals surface area contributed by atoms with Crippen LogP contribution in [0, 0.1) is 0 Å². The molecule has 1 fully saturated rings. The van der Waals surface area contributed by atoms with Crippen LogP contribution < -0.4 is 9.80 Å². The van der Waals surface area contributed by atoms with Crippen LogP contribution in [0.4, 0.5) is 16.3 Å². The third-order valence-corrected chi connectivity index (χ3v) is 7.65. The van der Waals surface area contributed by atoms with Crippen molar-refractivity contribution in [1.82, 2.24) is 9.27 Å². The monoisotopic (exact) mass is 514 g/mol. The van der Waals surface area contributed by atoms with Gasteiger partial charge in [0.25, 0.3) is 0 Å². The molecule has 3 aromatic rings. The zero-order valence-electron chi connectivity index (χ0n) is 19.5. The van der Waals surface area contributed by atoms with Crippen molar-refractivity contribution < 1.29 is 19.1 Å². The molecule has 184 valence electrons. The number of benzene rings is 2. The summed E-state index contributed by atoms with van der Waals surface area (Å²) in [5.74, 6) is 0.969. The Morgan fingerprint density at radius 1 is 1.14 bits per heavy atom. The van der Waals surface area contributed by atoms with Crippen LogP contribution >= 0.6 is 23.1 Å². The van der Waals surface area contributed by atoms with Crippen LogP contribution in [-0.2, 0) is 27.1 Å². The van der Waals surface area contributed by atoms with Gasteiger partial charge in [-0.05, 0) is 54.2 Å². The summed E-state index contributed by atoms with van der Waals surface area (Å²) in [6.45, 7) is 6.44. The number of hydrogen-bond acceptors (Lipinski definition) is 8. The lowest BCUT2D eigenvalue weighted by atomic mass is 10.1. The highest BCUT2D eigenvalue weighted by molar-refractivity contribution is 7.13. The maximum Gasteiger partial charge on any atom is 0.510 e. The molecule has 2 aliphatic rings. The second-order valence-electron chi connectivity index (χ2n) is 8.61. The maximum atomic E-state index is 12.5. The molecule has 0 spiro atoms. The number of fused-ring (bicyclic) bond motifs is 2. The molecule has 8 nitrogen and oxygen atoms in total. The van der Waals surface area contributed by atoms with Gasteiger partial charge in [0.1, 0.15) is 5.82 Å². The summed E-state index contributed by atoms with van der Waals surface area (Å²) in [6, 6.07) is 12.2. The number of hydrogen-bond donors (Lipinski definition) is 0. The molecule has 0 N–H and O–H groups in total. The SMILES string of the molecule is CCOC(=O)OCN1C(=O)Cc2cc(CCN3CCN(c4nsc5ccccc45)CC3)c(Cl)cc21. The van der Waals surface area contributed by atoms with Crippen LogP contribution in [0.25, 0.3) is 10.1 Å². The third-order valence-electron chi connectivity index (χ3n) is 6.48. The molecule has 0 atom stereocenters. The molecule has 1 amide bonds. The summed E-state index contributed by atoms with van der Waals surface area (Å²) < 4.78 is 15.7. The van der Waals surface area contributed by atoms with Gasteiger partial charge in [-0.1, -0.05) is 29.8 Å². The zero-order chi connectivity index (χ0) is 24.4. The number of rotatable bonds is 7. The van der Waals surface area contributed by atoms with E-state index in [0.29, 0.717) is 10.7 Å². The predicted molar refractivity (Wildman–Crippen MR) is 138 cm³/mol. The Hall–Kier alpha value is -2.88. The van der Waals surface area contributed by atoms with Crippen LogP contribution in [0.5, 0.6) is 0 Å². The quantitative estimate of drug-likeness (QED) is 0.434. The van der Waals surface area contributed by atoms with Gasteiger partial charge in [-0.25, -0.2) is 4.79 Å². The molecule has 0 radical (unpaired) electrons. The van der Waals surface area contributed by atoms with Gasteiger partial charge in [-0.15, -0.1) is 0 Å². The van der Waals surface area contributed by atoms with Crippen molar-refractivity contribution in [3.05, 3.63) is 52.5 Å². The summed E-state index contributed by atoms with van der Waals surface area (Å²) >= 11 is 8.15. The maximum absolute atomic E-state index is 12.5. The first-order valence-electron chi connectivity index (χ1n) is 11.8. The average molecular weight is 515 g/mol. The number of piperazine rings is 1. The summed E-state index contributed by atoms with van der Waals surface area (Å²) in [5, 5.41) is 1.85. The molecule has 0 bridgehead atoms. The molecule has 3 heterocycles. The van der Waals surface area contributed by atoms with Crippen LogP contribution in [0.1, 0.15) is 18.1 Å². The fourth-order valence-electron chi connectivity index (χ4n) is 4.62. The zero-order valence-corrected chi connectivity index (χ0v) is 21.1. The number of ether oxygens (including phenoxy) is 2. The minimum absolute atomic E-state index is 0.122. The lowest BCUT2D eigenvalue weighted by Gasteiger charge is -2.35. The lowest BCUT2D eigenvalue weighted by molar-refractivity contribution is -0.118. The number of aromatic nitrogens is 1. The number of nitrogens with zero attached hydrogens (tertiary/aromatic N) is 4. The summed E-state index contributed by atoms with van der Waals surface area (Å²) in [4.78, 5) is 30.2. The number of carbonyl (C=O) groups is 2. The first-order valence-corrected chi connectivity index (χ1v) is 12.9. The first-order chi connectivity index (χ1) is 17.0. The average Bonchev–Trinajstić information content (AvgIpc) is 3.42. The molecule has 0 saturated carbocycles. The second kappa shape index (κ2) is 10.4. The van der Waals surface area contributed by atoms with E-state index in [1.807, 2.05) is 6.07 Å². The highest BCUT2D eigenvalue weighted by atomic mass is 35.5. The van der Waals surface area contributed by atoms with Gasteiger partial charge in [0.05, 0.1) is 23.4 Å². The van der Waals surface area contributed by atoms with Crippen molar-refractivity contribution in [3.63, 3.8) is 0 Å². The van der Waals surface area contributed by atoms with Crippen molar-refractivity contribution >= 4 is 56.8 Å². The Bertz CT molecular complexity index is 1240. The number of halogens is 1. The van der Waals surface area contributed by atoms with Crippen molar-refractivity contribution in [1.29, 1.82) is 0 Å². The Morgan fingerprint density at radius 3 is 2.74 bits per heavy atom. The standard InChI is InChI=1S/C25H27ClN4O4S/c1-2-33-25(32)34-16-30-21-15-20(26)17(13-18(21)14-23(30)31)7-8-28-9-11-29(12-10-28)24-19-5-3-4-6-22(19)35-27-24/h3-6,13,15H,2,7-12,14,16H2,1H3. The summed E-state index contributed by atoms with van der Waals surface area (Å²) in [5.41, 5.74) is 2.62. The van der Waals surface area contributed by atoms with Gasteiger partial charge in [0, 0.05) is 43.1 Å². The Kier molecular flexibility index (Phi) is 7.08. The van der Waals surface area contributed by atoms with Gasteiger partial charge in [-0.3, -0.25) is 14.6 Å². The smallest absolute Gasteiger partial charge is 0.435 e. The molecular weight excluding hydrogens is 488 g/mol. The lowest BCUT2D eigenvalue weighted by Crippen LogP contribution is -2.47. The van der Waals surface area contributed by atoms with Crippen LogP contribution in [0.2, 0.25) is 5.02 Å². The van der Waals surface area contributed by atoms with Crippen molar-refractivity contribution in [2.75, 3.05) is 55.9 Å². The third kappa shape index (κ3) is 5.07. The Balaban J connectivity index is 1.17. The van der Waals surface area contributed by atoms with Crippen molar-refractivity contribution in [2.24, 2.45) is 0 Å². The fraction of sp³-hybridized carbons (Fsp3) is 0.400. The topological polar surface area (TPSA) is 75.2 Å². The number of anilines is 2. The van der Waals surface area contributed by atoms with E-state index in [4.69, 9.17) is 25.4 Å². The molecule has 35 heavy (non-hydrogen) atoms. The van der Waals surface area contributed by atoms with E-state index in [1.54, 1.807) is 24.5 Å². The summed E-state index contributed by atoms with van der Waals surface area (Å²) in [6.07, 6.45) is 0.283. The van der Waals surface area contributed by atoms with E-state index in [9.17, 15) is 9.59 Å². The molecule has 1 aromatic heterocycles. The molecule has 2 aromatic carbocycles. The van der Waals surface area contributed by atoms with Gasteiger partial charge in [0.15, 0.2) is 6.73 Å². The van der Waals surface area contributed by atoms with Gasteiger partial charge >= 0.3 is 6.16 Å². The van der Waals surface area contributed by atoms with E-state index in [1.165, 1.54) is 15.0 Å². The largest absolute Gasteiger partial charge is 0.510 e. The molecule has 5 rings (SSSR count). The Labute approximate surface area is 213 Å². The Morgan fingerprint density at radius 2 is 1.94 bits per heavy atom. The van der Waals surface area contributed by atoms with Crippen LogP contribution in [0.15, 0.2) is 36.4 Å². The molecule has 10 heteroatoms. The summed E-state index contributed by atoms with van der Waals surface area (Å²) in [7, 11) is 0. The van der Waals surface area contributed by atoms with Gasteiger partial charge in [0.2, 0.25) is 5.91 Å². The van der Waals surface area contributed by atoms with Crippen LogP contribution in [-0.4, -0.2) is 67.4 Å². The van der Waals surface area contributed by atoms with Crippen LogP contribution in [0.3, 0.4) is 0 Å². The number of amides is 1. The first kappa shape index (κ1) is 23.8. The molecule has 0 aliphatic carbocycles. The van der Waals surface area contributed by atoms with E-state index in [-0.39, 0.29) is 25.7 Å². The van der Waals surface area contributed by atoms with E-state index < -0.39 is 6.16 Å². The molecular formula is C25H27ClN4O4S. The molecule has 1 saturated heterocycles. The highest BCUT2D eigenvalue weighted by Crippen LogP contribution is 2.34. The van der Waals surface area contributed by atoms with E-state index in [0.717, 1.165) is 56.1 Å². The van der Waals surface area contributed by atoms with E-state index in [2.05, 4.69) is 34.1 Å². The highest BCUT2D eigenvalue weighted by Gasteiger charge is 2.30. The minimum atomic E-state index is -0.792. The number of carbonyl (C=O) groups excluding carboxylic acids is 2. The molecule has 2 aliphatic heterocycles.